The van der Waals surface area contributed by atoms with Gasteiger partial charge in [0.2, 0.25) is 0 Å². The highest BCUT2D eigenvalue weighted by molar-refractivity contribution is 4.91. The Kier molecular flexibility index (Phi) is 3.66. The predicted octanol–water partition coefficient (Wildman–Crippen LogP) is 2.01. The first-order valence-corrected chi connectivity index (χ1v) is 6.89. The number of hydrogen-bond acceptors (Lipinski definition) is 2. The second-order valence-corrected chi connectivity index (χ2v) is 6.61. The summed E-state index contributed by atoms with van der Waals surface area (Å²) in [6.45, 7) is 10.4. The molecule has 102 valence electrons. The summed E-state index contributed by atoms with van der Waals surface area (Å²) in [7, 11) is 0. The fraction of sp³-hybridized carbons (Fsp3) is 0.786. The first kappa shape index (κ1) is 13.4. The standard InChI is InChI=1S/C14H25N3O/c1-11(9-15-14(2,3)4)10-16-7-8-17(13(16)18)12-5-6-12/h7-8,11-12,15H,5-6,9-10H2,1-4H3. The third-order valence-corrected chi connectivity index (χ3v) is 3.30. The van der Waals surface area contributed by atoms with Crippen LogP contribution < -0.4 is 11.0 Å². The van der Waals surface area contributed by atoms with Gasteiger partial charge >= 0.3 is 5.69 Å². The van der Waals surface area contributed by atoms with Gasteiger partial charge in [0.15, 0.2) is 0 Å². The molecule has 1 saturated carbocycles. The van der Waals surface area contributed by atoms with Gasteiger partial charge in [-0.05, 0) is 46.1 Å². The van der Waals surface area contributed by atoms with E-state index in [1.807, 2.05) is 21.5 Å². The second-order valence-electron chi connectivity index (χ2n) is 6.61. The number of nitrogens with one attached hydrogen (secondary N) is 1. The summed E-state index contributed by atoms with van der Waals surface area (Å²) in [5.41, 5.74) is 0.291. The summed E-state index contributed by atoms with van der Waals surface area (Å²) in [5, 5.41) is 3.48. The number of rotatable bonds is 5. The van der Waals surface area contributed by atoms with Crippen LogP contribution in [-0.2, 0) is 6.54 Å². The molecule has 1 unspecified atom stereocenters. The zero-order chi connectivity index (χ0) is 13.3. The van der Waals surface area contributed by atoms with E-state index in [1.165, 1.54) is 0 Å². The maximum absolute atomic E-state index is 12.1. The number of hydrogen-bond donors (Lipinski definition) is 1. The van der Waals surface area contributed by atoms with Crippen LogP contribution in [-0.4, -0.2) is 21.2 Å². The smallest absolute Gasteiger partial charge is 0.312 e. The van der Waals surface area contributed by atoms with Gasteiger partial charge in [0.1, 0.15) is 0 Å². The van der Waals surface area contributed by atoms with Crippen molar-refractivity contribution in [2.24, 2.45) is 5.92 Å². The van der Waals surface area contributed by atoms with Crippen LogP contribution in [0.15, 0.2) is 17.2 Å². The molecule has 1 aromatic heterocycles. The van der Waals surface area contributed by atoms with Crippen LogP contribution in [0, 0.1) is 5.92 Å². The molecule has 0 amide bonds. The van der Waals surface area contributed by atoms with Crippen LogP contribution in [0.25, 0.3) is 0 Å². The van der Waals surface area contributed by atoms with Crippen molar-refractivity contribution in [1.82, 2.24) is 14.5 Å². The van der Waals surface area contributed by atoms with Crippen molar-refractivity contribution in [3.05, 3.63) is 22.9 Å². The van der Waals surface area contributed by atoms with E-state index in [0.29, 0.717) is 12.0 Å². The SMILES string of the molecule is CC(CNC(C)(C)C)Cn1ccn(C2CC2)c1=O. The molecule has 2 rings (SSSR count). The van der Waals surface area contributed by atoms with Crippen LogP contribution in [0.4, 0.5) is 0 Å². The number of imidazole rings is 1. The highest BCUT2D eigenvalue weighted by atomic mass is 16.1. The lowest BCUT2D eigenvalue weighted by Crippen LogP contribution is -2.40. The minimum Gasteiger partial charge on any atom is -0.312 e. The summed E-state index contributed by atoms with van der Waals surface area (Å²) in [4.78, 5) is 12.1. The number of aromatic nitrogens is 2. The highest BCUT2D eigenvalue weighted by Gasteiger charge is 2.25. The Labute approximate surface area is 109 Å². The van der Waals surface area contributed by atoms with E-state index in [9.17, 15) is 4.79 Å². The minimum atomic E-state index is 0.138. The van der Waals surface area contributed by atoms with E-state index in [0.717, 1.165) is 25.9 Å². The maximum Gasteiger partial charge on any atom is 0.328 e. The van der Waals surface area contributed by atoms with Gasteiger partial charge in [-0.15, -0.1) is 0 Å². The molecule has 4 heteroatoms. The Morgan fingerprint density at radius 1 is 1.39 bits per heavy atom. The molecule has 1 atom stereocenters. The van der Waals surface area contributed by atoms with Crippen LogP contribution in [0.1, 0.15) is 46.6 Å². The lowest BCUT2D eigenvalue weighted by molar-refractivity contribution is 0.357. The fourth-order valence-corrected chi connectivity index (χ4v) is 2.08. The first-order valence-electron chi connectivity index (χ1n) is 6.89. The van der Waals surface area contributed by atoms with Gasteiger partial charge < -0.3 is 5.32 Å². The summed E-state index contributed by atoms with van der Waals surface area (Å²) < 4.78 is 3.72. The quantitative estimate of drug-likeness (QED) is 0.869. The van der Waals surface area contributed by atoms with E-state index in [1.54, 1.807) is 0 Å². The van der Waals surface area contributed by atoms with E-state index in [2.05, 4.69) is 33.0 Å². The van der Waals surface area contributed by atoms with Crippen molar-refractivity contribution >= 4 is 0 Å². The largest absolute Gasteiger partial charge is 0.328 e. The third-order valence-electron chi connectivity index (χ3n) is 3.30. The summed E-state index contributed by atoms with van der Waals surface area (Å²) in [6.07, 6.45) is 6.17. The average Bonchev–Trinajstić information content (AvgIpc) is 3.03. The van der Waals surface area contributed by atoms with Crippen molar-refractivity contribution in [2.75, 3.05) is 6.54 Å². The Morgan fingerprint density at radius 3 is 2.61 bits per heavy atom. The van der Waals surface area contributed by atoms with Crippen molar-refractivity contribution in [2.45, 2.75) is 58.7 Å². The van der Waals surface area contributed by atoms with E-state index in [4.69, 9.17) is 0 Å². The van der Waals surface area contributed by atoms with Gasteiger partial charge in [-0.1, -0.05) is 6.92 Å². The Hall–Kier alpha value is -1.03. The van der Waals surface area contributed by atoms with E-state index < -0.39 is 0 Å². The van der Waals surface area contributed by atoms with Crippen LogP contribution in [0.5, 0.6) is 0 Å². The molecule has 0 bridgehead atoms. The molecule has 1 N–H and O–H groups in total. The monoisotopic (exact) mass is 251 g/mol. The van der Waals surface area contributed by atoms with E-state index >= 15 is 0 Å². The zero-order valence-corrected chi connectivity index (χ0v) is 11.9. The lowest BCUT2D eigenvalue weighted by atomic mass is 10.1. The van der Waals surface area contributed by atoms with Gasteiger partial charge in [-0.25, -0.2) is 4.79 Å². The molecule has 1 fully saturated rings. The molecule has 0 aliphatic heterocycles. The molecule has 1 aliphatic carbocycles. The third kappa shape index (κ3) is 3.48. The zero-order valence-electron chi connectivity index (χ0n) is 11.9. The van der Waals surface area contributed by atoms with Gasteiger partial charge in [0.05, 0.1) is 0 Å². The highest BCUT2D eigenvalue weighted by Crippen LogP contribution is 2.33. The summed E-state index contributed by atoms with van der Waals surface area (Å²) in [6, 6.07) is 0.474. The topological polar surface area (TPSA) is 39.0 Å². The first-order chi connectivity index (χ1) is 8.37. The molecule has 4 nitrogen and oxygen atoms in total. The molecular formula is C14H25N3O. The normalized spacial score (nSPS) is 18.0. The molecule has 18 heavy (non-hydrogen) atoms. The van der Waals surface area contributed by atoms with Gasteiger partial charge in [0.25, 0.3) is 0 Å². The van der Waals surface area contributed by atoms with Crippen LogP contribution in [0.3, 0.4) is 0 Å². The molecule has 1 aromatic rings. The fourth-order valence-electron chi connectivity index (χ4n) is 2.08. The van der Waals surface area contributed by atoms with Gasteiger partial charge in [0, 0.05) is 30.5 Å². The summed E-state index contributed by atoms with van der Waals surface area (Å²) >= 11 is 0. The summed E-state index contributed by atoms with van der Waals surface area (Å²) in [5.74, 6) is 0.456. The molecule has 0 spiro atoms. The molecular weight excluding hydrogens is 226 g/mol. The average molecular weight is 251 g/mol. The number of nitrogens with zero attached hydrogens (tertiary/aromatic N) is 2. The minimum absolute atomic E-state index is 0.138. The Bertz CT molecular complexity index is 448. The second kappa shape index (κ2) is 4.92. The Balaban J connectivity index is 1.91. The van der Waals surface area contributed by atoms with Crippen molar-refractivity contribution in [3.8, 4) is 0 Å². The Morgan fingerprint density at radius 2 is 2.06 bits per heavy atom. The molecule has 0 saturated heterocycles. The van der Waals surface area contributed by atoms with Crippen molar-refractivity contribution < 1.29 is 0 Å². The predicted molar refractivity (Wildman–Crippen MR) is 73.9 cm³/mol. The molecule has 0 radical (unpaired) electrons. The van der Waals surface area contributed by atoms with Crippen LogP contribution in [0.2, 0.25) is 0 Å². The molecule has 1 aliphatic rings. The van der Waals surface area contributed by atoms with Crippen molar-refractivity contribution in [1.29, 1.82) is 0 Å². The lowest BCUT2D eigenvalue weighted by Gasteiger charge is -2.23. The van der Waals surface area contributed by atoms with Gasteiger partial charge in [-0.3, -0.25) is 9.13 Å². The molecule has 0 aromatic carbocycles. The maximum atomic E-state index is 12.1. The molecule has 1 heterocycles. The van der Waals surface area contributed by atoms with E-state index in [-0.39, 0.29) is 11.2 Å². The van der Waals surface area contributed by atoms with Crippen molar-refractivity contribution in [3.63, 3.8) is 0 Å². The van der Waals surface area contributed by atoms with Gasteiger partial charge in [-0.2, -0.15) is 0 Å². The van der Waals surface area contributed by atoms with Crippen LogP contribution >= 0.6 is 0 Å².